The van der Waals surface area contributed by atoms with Gasteiger partial charge in [0.15, 0.2) is 16.3 Å². The molecule has 33 heavy (non-hydrogen) atoms. The van der Waals surface area contributed by atoms with Crippen LogP contribution in [0.5, 0.6) is 0 Å². The second-order valence-corrected chi connectivity index (χ2v) is 8.69. The summed E-state index contributed by atoms with van der Waals surface area (Å²) in [6.45, 7) is 0.218. The minimum absolute atomic E-state index is 0.118. The van der Waals surface area contributed by atoms with Crippen molar-refractivity contribution in [2.75, 3.05) is 4.90 Å². The molecular weight excluding hydrogens is 440 g/mol. The summed E-state index contributed by atoms with van der Waals surface area (Å²) in [6, 6.07) is 17.4. The van der Waals surface area contributed by atoms with E-state index in [9.17, 15) is 14.4 Å². The number of hydrogen-bond acceptors (Lipinski definition) is 6. The van der Waals surface area contributed by atoms with Crippen LogP contribution in [0.4, 0.5) is 5.13 Å². The standard InChI is InChI=1S/C23H20N6O3S/c1-26-20-19(21(31)27(2)23(26)32)28(14-24-20)13-18(30)29(12-15-8-4-3-5-9-15)22-25-16-10-6-7-11-17(16)33-22/h3-11,14H,12-13H2,1-2H3. The van der Waals surface area contributed by atoms with Gasteiger partial charge in [0, 0.05) is 14.1 Å². The van der Waals surface area contributed by atoms with Gasteiger partial charge in [-0.05, 0) is 17.7 Å². The lowest BCUT2D eigenvalue weighted by molar-refractivity contribution is -0.119. The molecule has 0 aliphatic carbocycles. The molecule has 2 aromatic carbocycles. The Morgan fingerprint density at radius 1 is 1.00 bits per heavy atom. The first-order valence-electron chi connectivity index (χ1n) is 10.2. The quantitative estimate of drug-likeness (QED) is 0.401. The second kappa shape index (κ2) is 8.14. The predicted octanol–water partition coefficient (Wildman–Crippen LogP) is 2.28. The molecule has 0 fully saturated rings. The van der Waals surface area contributed by atoms with Crippen LogP contribution in [0.1, 0.15) is 5.56 Å². The molecule has 0 aliphatic heterocycles. The molecule has 0 bridgehead atoms. The van der Waals surface area contributed by atoms with E-state index in [-0.39, 0.29) is 23.6 Å². The Kier molecular flexibility index (Phi) is 5.14. The van der Waals surface area contributed by atoms with Gasteiger partial charge in [-0.3, -0.25) is 23.6 Å². The highest BCUT2D eigenvalue weighted by Gasteiger charge is 2.23. The highest BCUT2D eigenvalue weighted by Crippen LogP contribution is 2.30. The smallest absolute Gasteiger partial charge is 0.315 e. The van der Waals surface area contributed by atoms with Gasteiger partial charge in [-0.15, -0.1) is 0 Å². The van der Waals surface area contributed by atoms with Gasteiger partial charge in [0.25, 0.3) is 5.56 Å². The zero-order valence-electron chi connectivity index (χ0n) is 18.0. The maximum Gasteiger partial charge on any atom is 0.332 e. The average molecular weight is 461 g/mol. The van der Waals surface area contributed by atoms with Crippen LogP contribution in [0.25, 0.3) is 21.4 Å². The van der Waals surface area contributed by atoms with Crippen molar-refractivity contribution in [3.05, 3.63) is 87.3 Å². The number of fused-ring (bicyclic) bond motifs is 2. The van der Waals surface area contributed by atoms with E-state index in [1.165, 1.54) is 33.8 Å². The van der Waals surface area contributed by atoms with Gasteiger partial charge < -0.3 is 4.57 Å². The molecule has 0 saturated carbocycles. The third-order valence-corrected chi connectivity index (χ3v) is 6.58. The van der Waals surface area contributed by atoms with Crippen LogP contribution in [-0.2, 0) is 32.0 Å². The zero-order chi connectivity index (χ0) is 23.1. The van der Waals surface area contributed by atoms with Crippen molar-refractivity contribution in [2.24, 2.45) is 14.1 Å². The van der Waals surface area contributed by atoms with Crippen molar-refractivity contribution >= 4 is 43.8 Å². The van der Waals surface area contributed by atoms with Crippen molar-refractivity contribution in [1.29, 1.82) is 0 Å². The van der Waals surface area contributed by atoms with E-state index in [0.29, 0.717) is 11.7 Å². The first-order chi connectivity index (χ1) is 15.9. The molecule has 0 atom stereocenters. The minimum Gasteiger partial charge on any atom is -0.315 e. The Bertz CT molecular complexity index is 1580. The fourth-order valence-electron chi connectivity index (χ4n) is 3.75. The Hall–Kier alpha value is -4.05. The van der Waals surface area contributed by atoms with Crippen LogP contribution in [-0.4, -0.2) is 29.6 Å². The van der Waals surface area contributed by atoms with Gasteiger partial charge >= 0.3 is 5.69 Å². The van der Waals surface area contributed by atoms with Crippen molar-refractivity contribution < 1.29 is 4.79 Å². The molecule has 3 heterocycles. The number of anilines is 1. The topological polar surface area (TPSA) is 95.0 Å². The summed E-state index contributed by atoms with van der Waals surface area (Å²) in [5.41, 5.74) is 1.26. The summed E-state index contributed by atoms with van der Waals surface area (Å²) in [5, 5.41) is 0.578. The number of hydrogen-bond donors (Lipinski definition) is 0. The molecule has 166 valence electrons. The van der Waals surface area contributed by atoms with Gasteiger partial charge in [0.2, 0.25) is 5.91 Å². The van der Waals surface area contributed by atoms with Crippen molar-refractivity contribution in [3.63, 3.8) is 0 Å². The van der Waals surface area contributed by atoms with Gasteiger partial charge in [-0.25, -0.2) is 14.8 Å². The monoisotopic (exact) mass is 460 g/mol. The highest BCUT2D eigenvalue weighted by molar-refractivity contribution is 7.22. The Labute approximate surface area is 191 Å². The summed E-state index contributed by atoms with van der Waals surface area (Å²) in [5.74, 6) is -0.242. The Morgan fingerprint density at radius 2 is 1.73 bits per heavy atom. The summed E-state index contributed by atoms with van der Waals surface area (Å²) in [4.78, 5) is 49.0. The number of amides is 1. The molecule has 3 aromatic heterocycles. The van der Waals surface area contributed by atoms with Gasteiger partial charge in [-0.1, -0.05) is 53.8 Å². The number of benzene rings is 2. The van der Waals surface area contributed by atoms with Crippen LogP contribution in [0.2, 0.25) is 0 Å². The van der Waals surface area contributed by atoms with E-state index < -0.39 is 11.2 Å². The number of rotatable bonds is 5. The van der Waals surface area contributed by atoms with Crippen LogP contribution >= 0.6 is 11.3 Å². The molecule has 0 N–H and O–H groups in total. The molecule has 0 radical (unpaired) electrons. The normalized spacial score (nSPS) is 11.3. The fraction of sp³-hybridized carbons (Fsp3) is 0.174. The van der Waals surface area contributed by atoms with Crippen LogP contribution in [0.15, 0.2) is 70.5 Å². The predicted molar refractivity (Wildman–Crippen MR) is 127 cm³/mol. The fourth-order valence-corrected chi connectivity index (χ4v) is 4.73. The summed E-state index contributed by atoms with van der Waals surface area (Å²) in [6.07, 6.45) is 1.42. The molecule has 0 spiro atoms. The van der Waals surface area contributed by atoms with E-state index in [1.807, 2.05) is 54.6 Å². The maximum atomic E-state index is 13.6. The molecular formula is C23H20N6O3S. The number of carbonyl (C=O) groups is 1. The SMILES string of the molecule is Cn1c(=O)c2c(ncn2CC(=O)N(Cc2ccccc2)c2nc3ccccc3s2)n(C)c1=O. The summed E-state index contributed by atoms with van der Waals surface area (Å²) >= 11 is 1.44. The lowest BCUT2D eigenvalue weighted by atomic mass is 10.2. The van der Waals surface area contributed by atoms with Crippen molar-refractivity contribution in [3.8, 4) is 0 Å². The number of aryl methyl sites for hydroxylation is 1. The zero-order valence-corrected chi connectivity index (χ0v) is 18.8. The number of carbonyl (C=O) groups excluding carboxylic acids is 1. The number of para-hydroxylation sites is 1. The molecule has 0 saturated heterocycles. The van der Waals surface area contributed by atoms with E-state index in [0.717, 1.165) is 20.3 Å². The van der Waals surface area contributed by atoms with Crippen molar-refractivity contribution in [1.82, 2.24) is 23.7 Å². The molecule has 9 nitrogen and oxygen atoms in total. The molecule has 10 heteroatoms. The highest BCUT2D eigenvalue weighted by atomic mass is 32.1. The summed E-state index contributed by atoms with van der Waals surface area (Å²) in [7, 11) is 2.96. The van der Waals surface area contributed by atoms with Crippen LogP contribution < -0.4 is 16.1 Å². The third kappa shape index (κ3) is 3.64. The van der Waals surface area contributed by atoms with Crippen LogP contribution in [0.3, 0.4) is 0 Å². The second-order valence-electron chi connectivity index (χ2n) is 7.68. The summed E-state index contributed by atoms with van der Waals surface area (Å²) < 4.78 is 4.79. The first-order valence-corrected chi connectivity index (χ1v) is 11.1. The number of nitrogens with zero attached hydrogens (tertiary/aromatic N) is 6. The number of imidazole rings is 1. The van der Waals surface area contributed by atoms with Gasteiger partial charge in [0.05, 0.1) is 23.1 Å². The number of aromatic nitrogens is 5. The van der Waals surface area contributed by atoms with E-state index >= 15 is 0 Å². The van der Waals surface area contributed by atoms with Crippen LogP contribution in [0, 0.1) is 0 Å². The third-order valence-electron chi connectivity index (χ3n) is 5.52. The molecule has 1 amide bonds. The van der Waals surface area contributed by atoms with E-state index in [4.69, 9.17) is 0 Å². The largest absolute Gasteiger partial charge is 0.332 e. The molecule has 0 unspecified atom stereocenters. The minimum atomic E-state index is -0.493. The average Bonchev–Trinajstić information content (AvgIpc) is 3.44. The van der Waals surface area contributed by atoms with E-state index in [2.05, 4.69) is 9.97 Å². The molecule has 5 aromatic rings. The van der Waals surface area contributed by atoms with E-state index in [1.54, 1.807) is 11.9 Å². The Balaban J connectivity index is 1.56. The lowest BCUT2D eigenvalue weighted by Crippen LogP contribution is -2.38. The van der Waals surface area contributed by atoms with Gasteiger partial charge in [-0.2, -0.15) is 0 Å². The maximum absolute atomic E-state index is 13.6. The number of thiazole rings is 1. The molecule has 5 rings (SSSR count). The first kappa shape index (κ1) is 20.8. The Morgan fingerprint density at radius 3 is 2.48 bits per heavy atom. The lowest BCUT2D eigenvalue weighted by Gasteiger charge is -2.20. The van der Waals surface area contributed by atoms with Gasteiger partial charge in [0.1, 0.15) is 6.54 Å². The molecule has 0 aliphatic rings. The van der Waals surface area contributed by atoms with Crippen molar-refractivity contribution in [2.45, 2.75) is 13.1 Å².